The van der Waals surface area contributed by atoms with E-state index in [1.54, 1.807) is 0 Å². The van der Waals surface area contributed by atoms with Crippen LogP contribution in [0.2, 0.25) is 0 Å². The molecule has 0 bridgehead atoms. The lowest BCUT2D eigenvalue weighted by molar-refractivity contribution is 0.0971. The number of likely N-dealkylation sites (N-methyl/N-ethyl adjacent to an activating group) is 2. The molecule has 0 aromatic heterocycles. The maximum atomic E-state index is 12.8. The predicted octanol–water partition coefficient (Wildman–Crippen LogP) is 1.81. The molecule has 7 nitrogen and oxygen atoms in total. The molecule has 0 radical (unpaired) electrons. The largest absolute Gasteiger partial charge is 0.394 e. The lowest BCUT2D eigenvalue weighted by Gasteiger charge is -2.20. The van der Waals surface area contributed by atoms with Gasteiger partial charge in [-0.25, -0.2) is 0 Å². The number of ether oxygens (including phenoxy) is 2. The fourth-order valence-corrected chi connectivity index (χ4v) is 2.90. The Bertz CT molecular complexity index is 686. The van der Waals surface area contributed by atoms with Crippen LogP contribution in [0.4, 0.5) is 11.4 Å². The van der Waals surface area contributed by atoms with Crippen molar-refractivity contribution in [3.05, 3.63) is 59.7 Å². The highest BCUT2D eigenvalue weighted by Gasteiger charge is 2.11. The molecule has 2 aromatic carbocycles. The summed E-state index contributed by atoms with van der Waals surface area (Å²) in [4.78, 5) is 16.9. The Labute approximate surface area is 178 Å². The second-order valence-electron chi connectivity index (χ2n) is 6.94. The third kappa shape index (κ3) is 7.42. The summed E-state index contributed by atoms with van der Waals surface area (Å²) in [6.45, 7) is 3.20. The van der Waals surface area contributed by atoms with Crippen LogP contribution in [-0.4, -0.2) is 82.8 Å². The Kier molecular flexibility index (Phi) is 10.3. The second kappa shape index (κ2) is 13.0. The van der Waals surface area contributed by atoms with E-state index in [9.17, 15) is 4.79 Å². The summed E-state index contributed by atoms with van der Waals surface area (Å²) in [5, 5.41) is 17.5. The van der Waals surface area contributed by atoms with Crippen molar-refractivity contribution in [1.29, 1.82) is 0 Å². The zero-order chi connectivity index (χ0) is 21.8. The van der Waals surface area contributed by atoms with Gasteiger partial charge in [-0.15, -0.1) is 0 Å². The zero-order valence-corrected chi connectivity index (χ0v) is 17.8. The highest BCUT2D eigenvalue weighted by molar-refractivity contribution is 6.09. The SMILES string of the molecule is CN(CCOCCO)c1ccc(C(=O)c2ccc(N(C)CCOCCO)cc2)cc1. The quantitative estimate of drug-likeness (QED) is 0.359. The highest BCUT2D eigenvalue weighted by atomic mass is 16.5. The molecule has 0 amide bonds. The summed E-state index contributed by atoms with van der Waals surface area (Å²) >= 11 is 0. The minimum atomic E-state index is -0.0176. The Morgan fingerprint density at radius 3 is 1.40 bits per heavy atom. The third-order valence-electron chi connectivity index (χ3n) is 4.75. The van der Waals surface area contributed by atoms with Gasteiger partial charge >= 0.3 is 0 Å². The minimum Gasteiger partial charge on any atom is -0.394 e. The van der Waals surface area contributed by atoms with Gasteiger partial charge < -0.3 is 29.5 Å². The Morgan fingerprint density at radius 1 is 0.700 bits per heavy atom. The van der Waals surface area contributed by atoms with Gasteiger partial charge in [0.1, 0.15) is 0 Å². The number of aliphatic hydroxyl groups is 2. The zero-order valence-electron chi connectivity index (χ0n) is 17.8. The maximum absolute atomic E-state index is 12.8. The number of carbonyl (C=O) groups is 1. The lowest BCUT2D eigenvalue weighted by Crippen LogP contribution is -2.23. The molecule has 0 fully saturated rings. The van der Waals surface area contributed by atoms with E-state index in [4.69, 9.17) is 19.7 Å². The Hall–Kier alpha value is -2.45. The molecule has 2 N–H and O–H groups in total. The van der Waals surface area contributed by atoms with Crippen molar-refractivity contribution >= 4 is 17.2 Å². The highest BCUT2D eigenvalue weighted by Crippen LogP contribution is 2.19. The van der Waals surface area contributed by atoms with Gasteiger partial charge in [0.25, 0.3) is 0 Å². The number of benzene rings is 2. The first-order valence-electron chi connectivity index (χ1n) is 10.1. The third-order valence-corrected chi connectivity index (χ3v) is 4.75. The van der Waals surface area contributed by atoms with Crippen LogP contribution in [0, 0.1) is 0 Å². The molecule has 0 aliphatic heterocycles. The van der Waals surface area contributed by atoms with Crippen LogP contribution in [0.15, 0.2) is 48.5 Å². The number of nitrogens with zero attached hydrogens (tertiary/aromatic N) is 2. The van der Waals surface area contributed by atoms with E-state index >= 15 is 0 Å². The molecule has 164 valence electrons. The monoisotopic (exact) mass is 416 g/mol. The van der Waals surface area contributed by atoms with Gasteiger partial charge in [-0.05, 0) is 48.5 Å². The second-order valence-corrected chi connectivity index (χ2v) is 6.94. The van der Waals surface area contributed by atoms with Gasteiger partial charge in [0.15, 0.2) is 5.78 Å². The molecule has 2 rings (SSSR count). The van der Waals surface area contributed by atoms with Gasteiger partial charge in [0, 0.05) is 49.7 Å². The molecule has 0 saturated carbocycles. The van der Waals surface area contributed by atoms with Crippen LogP contribution in [0.25, 0.3) is 0 Å². The summed E-state index contributed by atoms with van der Waals surface area (Å²) in [5.41, 5.74) is 3.28. The van der Waals surface area contributed by atoms with Gasteiger partial charge in [-0.2, -0.15) is 0 Å². The van der Waals surface area contributed by atoms with Crippen molar-refractivity contribution in [1.82, 2.24) is 0 Å². The maximum Gasteiger partial charge on any atom is 0.193 e. The van der Waals surface area contributed by atoms with E-state index in [1.807, 2.05) is 72.4 Å². The van der Waals surface area contributed by atoms with E-state index in [2.05, 4.69) is 0 Å². The van der Waals surface area contributed by atoms with Crippen LogP contribution in [0.1, 0.15) is 15.9 Å². The first kappa shape index (κ1) is 23.8. The average molecular weight is 417 g/mol. The molecule has 2 aromatic rings. The van der Waals surface area contributed by atoms with Crippen molar-refractivity contribution < 1.29 is 24.5 Å². The molecule has 0 spiro atoms. The summed E-state index contributed by atoms with van der Waals surface area (Å²) in [6, 6.07) is 15.0. The molecule has 0 saturated heterocycles. The van der Waals surface area contributed by atoms with Crippen LogP contribution in [-0.2, 0) is 9.47 Å². The van der Waals surface area contributed by atoms with Crippen LogP contribution < -0.4 is 9.80 Å². The summed E-state index contributed by atoms with van der Waals surface area (Å²) in [5.74, 6) is -0.0176. The van der Waals surface area contributed by atoms with Crippen molar-refractivity contribution in [2.45, 2.75) is 0 Å². The average Bonchev–Trinajstić information content (AvgIpc) is 2.79. The fraction of sp³-hybridized carbons (Fsp3) is 0.435. The minimum absolute atomic E-state index is 0.0176. The van der Waals surface area contributed by atoms with Crippen molar-refractivity contribution in [3.63, 3.8) is 0 Å². The van der Waals surface area contributed by atoms with Crippen LogP contribution >= 0.6 is 0 Å². The number of hydrogen-bond donors (Lipinski definition) is 2. The molecule has 0 heterocycles. The molecule has 0 unspecified atom stereocenters. The fourth-order valence-electron chi connectivity index (χ4n) is 2.90. The Balaban J connectivity index is 1.91. The molecular formula is C23H32N2O5. The van der Waals surface area contributed by atoms with Gasteiger partial charge in [0.05, 0.1) is 39.6 Å². The number of ketones is 1. The number of aliphatic hydroxyl groups excluding tert-OH is 2. The van der Waals surface area contributed by atoms with Crippen molar-refractivity contribution in [2.75, 3.05) is 76.6 Å². The normalized spacial score (nSPS) is 10.8. The molecule has 7 heteroatoms. The molecule has 0 atom stereocenters. The topological polar surface area (TPSA) is 82.5 Å². The van der Waals surface area contributed by atoms with E-state index in [-0.39, 0.29) is 19.0 Å². The number of rotatable bonds is 14. The number of carbonyl (C=O) groups excluding carboxylic acids is 1. The van der Waals surface area contributed by atoms with E-state index in [0.717, 1.165) is 11.4 Å². The standard InChI is InChI=1S/C23H32N2O5/c1-24(11-15-29-17-13-26)21-7-3-19(4-8-21)23(28)20-5-9-22(10-6-20)25(2)12-16-30-18-14-27/h3-10,26-27H,11-18H2,1-2H3. The summed E-state index contributed by atoms with van der Waals surface area (Å²) in [7, 11) is 3.92. The molecule has 30 heavy (non-hydrogen) atoms. The first-order chi connectivity index (χ1) is 14.6. The van der Waals surface area contributed by atoms with Gasteiger partial charge in [-0.1, -0.05) is 0 Å². The molecule has 0 aliphatic rings. The van der Waals surface area contributed by atoms with Gasteiger partial charge in [-0.3, -0.25) is 4.79 Å². The summed E-state index contributed by atoms with van der Waals surface area (Å²) in [6.07, 6.45) is 0. The van der Waals surface area contributed by atoms with E-state index in [0.29, 0.717) is 50.6 Å². The summed E-state index contributed by atoms with van der Waals surface area (Å²) < 4.78 is 10.6. The molecular weight excluding hydrogens is 384 g/mol. The Morgan fingerprint density at radius 2 is 1.07 bits per heavy atom. The lowest BCUT2D eigenvalue weighted by atomic mass is 10.0. The molecule has 0 aliphatic carbocycles. The smallest absolute Gasteiger partial charge is 0.193 e. The number of anilines is 2. The van der Waals surface area contributed by atoms with Crippen molar-refractivity contribution in [3.8, 4) is 0 Å². The van der Waals surface area contributed by atoms with Gasteiger partial charge in [0.2, 0.25) is 0 Å². The first-order valence-corrected chi connectivity index (χ1v) is 10.1. The number of hydrogen-bond acceptors (Lipinski definition) is 7. The van der Waals surface area contributed by atoms with Crippen molar-refractivity contribution in [2.24, 2.45) is 0 Å². The van der Waals surface area contributed by atoms with Crippen LogP contribution in [0.3, 0.4) is 0 Å². The van der Waals surface area contributed by atoms with E-state index in [1.165, 1.54) is 0 Å². The van der Waals surface area contributed by atoms with Crippen LogP contribution in [0.5, 0.6) is 0 Å². The predicted molar refractivity (Wildman–Crippen MR) is 119 cm³/mol. The van der Waals surface area contributed by atoms with E-state index < -0.39 is 0 Å².